The van der Waals surface area contributed by atoms with Crippen LogP contribution in [0.2, 0.25) is 0 Å². The van der Waals surface area contributed by atoms with Gasteiger partial charge in [-0.3, -0.25) is 4.68 Å². The molecule has 0 amide bonds. The van der Waals surface area contributed by atoms with Crippen LogP contribution in [0.5, 0.6) is 0 Å². The first-order valence-corrected chi connectivity index (χ1v) is 8.23. The minimum absolute atomic E-state index is 0.190. The van der Waals surface area contributed by atoms with Crippen molar-refractivity contribution in [2.75, 3.05) is 6.54 Å². The molecule has 1 N–H and O–H groups in total. The van der Waals surface area contributed by atoms with Crippen LogP contribution in [-0.2, 0) is 6.54 Å². The molecule has 3 nitrogen and oxygen atoms in total. The molecule has 0 fully saturated rings. The Morgan fingerprint density at radius 1 is 1.42 bits per heavy atom. The van der Waals surface area contributed by atoms with Gasteiger partial charge in [0.25, 0.3) is 0 Å². The van der Waals surface area contributed by atoms with Crippen LogP contribution in [0.3, 0.4) is 0 Å². The second-order valence-corrected chi connectivity index (χ2v) is 6.36. The van der Waals surface area contributed by atoms with Crippen molar-refractivity contribution in [1.29, 1.82) is 0 Å². The zero-order valence-electron chi connectivity index (χ0n) is 11.0. The fourth-order valence-electron chi connectivity index (χ4n) is 2.05. The summed E-state index contributed by atoms with van der Waals surface area (Å²) in [6, 6.07) is 6.58. The third-order valence-electron chi connectivity index (χ3n) is 2.99. The molecule has 19 heavy (non-hydrogen) atoms. The van der Waals surface area contributed by atoms with Gasteiger partial charge in [-0.1, -0.05) is 22.9 Å². The summed E-state index contributed by atoms with van der Waals surface area (Å²) < 4.78 is 4.33. The third-order valence-corrected chi connectivity index (χ3v) is 4.46. The van der Waals surface area contributed by atoms with E-state index in [9.17, 15) is 0 Å². The van der Waals surface area contributed by atoms with E-state index in [1.54, 1.807) is 0 Å². The summed E-state index contributed by atoms with van der Waals surface area (Å²) in [6.07, 6.45) is 4.07. The molecule has 2 rings (SSSR count). The molecule has 1 atom stereocenters. The van der Waals surface area contributed by atoms with Gasteiger partial charge in [-0.2, -0.15) is 5.10 Å². The molecule has 1 heterocycles. The molecule has 1 aromatic carbocycles. The minimum Gasteiger partial charge on any atom is -0.306 e. The Bertz CT molecular complexity index is 553. The van der Waals surface area contributed by atoms with Crippen molar-refractivity contribution in [2.24, 2.45) is 0 Å². The van der Waals surface area contributed by atoms with Gasteiger partial charge in [0.15, 0.2) is 0 Å². The van der Waals surface area contributed by atoms with Gasteiger partial charge in [0.05, 0.1) is 12.2 Å². The van der Waals surface area contributed by atoms with E-state index in [-0.39, 0.29) is 6.04 Å². The fourth-order valence-corrected chi connectivity index (χ4v) is 3.07. The monoisotopic (exact) mass is 433 g/mol. The molecule has 2 aromatic rings. The van der Waals surface area contributed by atoms with Crippen molar-refractivity contribution in [3.8, 4) is 0 Å². The van der Waals surface area contributed by atoms with Crippen LogP contribution in [0.1, 0.15) is 31.0 Å². The van der Waals surface area contributed by atoms with E-state index in [2.05, 4.69) is 87.2 Å². The molecule has 0 aliphatic carbocycles. The Hall–Kier alpha value is -0.400. The number of aryl methyl sites for hydroxylation is 1. The van der Waals surface area contributed by atoms with Crippen molar-refractivity contribution in [3.63, 3.8) is 0 Å². The Morgan fingerprint density at radius 3 is 2.84 bits per heavy atom. The van der Waals surface area contributed by atoms with Crippen molar-refractivity contribution in [1.82, 2.24) is 15.1 Å². The van der Waals surface area contributed by atoms with Crippen LogP contribution in [0.4, 0.5) is 0 Å². The summed E-state index contributed by atoms with van der Waals surface area (Å²) in [5.41, 5.74) is 2.49. The average molecular weight is 434 g/mol. The van der Waals surface area contributed by atoms with Gasteiger partial charge in [0, 0.05) is 26.3 Å². The van der Waals surface area contributed by atoms with E-state index in [1.807, 2.05) is 10.9 Å². The molecule has 0 saturated carbocycles. The minimum atomic E-state index is 0.190. The smallest absolute Gasteiger partial charge is 0.0618 e. The Labute approximate surface area is 136 Å². The summed E-state index contributed by atoms with van der Waals surface area (Å²) >= 11 is 5.94. The van der Waals surface area contributed by atoms with E-state index in [1.165, 1.54) is 14.7 Å². The molecular formula is C14H17BrIN3. The van der Waals surface area contributed by atoms with Crippen LogP contribution in [-0.4, -0.2) is 16.3 Å². The van der Waals surface area contributed by atoms with E-state index in [0.717, 1.165) is 17.6 Å². The average Bonchev–Trinajstić information content (AvgIpc) is 2.88. The highest BCUT2D eigenvalue weighted by molar-refractivity contribution is 14.1. The molecule has 102 valence electrons. The first kappa shape index (κ1) is 15.0. The van der Waals surface area contributed by atoms with Gasteiger partial charge in [-0.25, -0.2) is 0 Å². The summed E-state index contributed by atoms with van der Waals surface area (Å²) in [5, 5.41) is 7.92. The number of hydrogen-bond acceptors (Lipinski definition) is 2. The molecule has 0 saturated heterocycles. The summed E-state index contributed by atoms with van der Waals surface area (Å²) in [7, 11) is 0. The lowest BCUT2D eigenvalue weighted by atomic mass is 10.0. The maximum absolute atomic E-state index is 4.38. The van der Waals surface area contributed by atoms with E-state index < -0.39 is 0 Å². The fraction of sp³-hybridized carbons (Fsp3) is 0.357. The maximum atomic E-state index is 4.38. The lowest BCUT2D eigenvalue weighted by molar-refractivity contribution is 0.623. The molecular weight excluding hydrogens is 417 g/mol. The van der Waals surface area contributed by atoms with Crippen molar-refractivity contribution < 1.29 is 0 Å². The van der Waals surface area contributed by atoms with Gasteiger partial charge < -0.3 is 5.32 Å². The van der Waals surface area contributed by atoms with E-state index >= 15 is 0 Å². The Balaban J connectivity index is 2.41. The summed E-state index contributed by atoms with van der Waals surface area (Å²) in [6.45, 7) is 6.04. The quantitative estimate of drug-likeness (QED) is 0.723. The highest BCUT2D eigenvalue weighted by atomic mass is 127. The van der Waals surface area contributed by atoms with Crippen LogP contribution in [0, 0.1) is 3.57 Å². The molecule has 1 unspecified atom stereocenters. The Kier molecular flexibility index (Phi) is 5.41. The molecule has 0 aliphatic rings. The number of benzene rings is 1. The van der Waals surface area contributed by atoms with Crippen molar-refractivity contribution in [3.05, 3.63) is 49.8 Å². The SMILES string of the molecule is CCNC(c1cnn(CC)c1)c1cc(Br)ccc1I. The number of halogens is 2. The zero-order valence-corrected chi connectivity index (χ0v) is 14.8. The Morgan fingerprint density at radius 2 is 2.21 bits per heavy atom. The van der Waals surface area contributed by atoms with Crippen LogP contribution >= 0.6 is 38.5 Å². The van der Waals surface area contributed by atoms with Crippen LogP contribution in [0.15, 0.2) is 35.1 Å². The highest BCUT2D eigenvalue weighted by Crippen LogP contribution is 2.28. The van der Waals surface area contributed by atoms with Gasteiger partial charge in [-0.05, 0) is 59.8 Å². The summed E-state index contributed by atoms with van der Waals surface area (Å²) in [4.78, 5) is 0. The number of hydrogen-bond donors (Lipinski definition) is 1. The third kappa shape index (κ3) is 3.58. The maximum Gasteiger partial charge on any atom is 0.0618 e. The van der Waals surface area contributed by atoms with Crippen LogP contribution in [0.25, 0.3) is 0 Å². The molecule has 5 heteroatoms. The normalized spacial score (nSPS) is 12.6. The first-order chi connectivity index (χ1) is 9.15. The second-order valence-electron chi connectivity index (χ2n) is 4.29. The molecule has 1 aromatic heterocycles. The van der Waals surface area contributed by atoms with E-state index in [0.29, 0.717) is 0 Å². The van der Waals surface area contributed by atoms with Gasteiger partial charge >= 0.3 is 0 Å². The van der Waals surface area contributed by atoms with Gasteiger partial charge in [0.1, 0.15) is 0 Å². The number of aromatic nitrogens is 2. The molecule has 0 aliphatic heterocycles. The number of nitrogens with one attached hydrogen (secondary N) is 1. The van der Waals surface area contributed by atoms with Gasteiger partial charge in [-0.15, -0.1) is 0 Å². The lowest BCUT2D eigenvalue weighted by Gasteiger charge is -2.18. The molecule has 0 bridgehead atoms. The van der Waals surface area contributed by atoms with Crippen molar-refractivity contribution in [2.45, 2.75) is 26.4 Å². The predicted molar refractivity (Wildman–Crippen MR) is 90.3 cm³/mol. The highest BCUT2D eigenvalue weighted by Gasteiger charge is 2.17. The first-order valence-electron chi connectivity index (χ1n) is 6.36. The number of nitrogens with zero attached hydrogens (tertiary/aromatic N) is 2. The van der Waals surface area contributed by atoms with Gasteiger partial charge in [0.2, 0.25) is 0 Å². The standard InChI is InChI=1S/C14H17BrIN3/c1-3-17-14(10-8-18-19(4-2)9-10)12-7-11(15)5-6-13(12)16/h5-9,14,17H,3-4H2,1-2H3. The second kappa shape index (κ2) is 6.85. The predicted octanol–water partition coefficient (Wildman–Crippen LogP) is 3.97. The van der Waals surface area contributed by atoms with Crippen LogP contribution < -0.4 is 5.32 Å². The number of rotatable bonds is 5. The zero-order chi connectivity index (χ0) is 13.8. The lowest BCUT2D eigenvalue weighted by Crippen LogP contribution is -2.22. The summed E-state index contributed by atoms with van der Waals surface area (Å²) in [5.74, 6) is 0. The van der Waals surface area contributed by atoms with E-state index in [4.69, 9.17) is 0 Å². The molecule has 0 radical (unpaired) electrons. The van der Waals surface area contributed by atoms with Crippen molar-refractivity contribution >= 4 is 38.5 Å². The topological polar surface area (TPSA) is 29.9 Å². The molecule has 0 spiro atoms. The largest absolute Gasteiger partial charge is 0.306 e.